The first-order valence-corrected chi connectivity index (χ1v) is 11.6. The molecule has 2 aliphatic rings. The molecule has 1 aromatic rings. The summed E-state index contributed by atoms with van der Waals surface area (Å²) in [6.45, 7) is 10.9. The van der Waals surface area contributed by atoms with Crippen LogP contribution in [0.2, 0.25) is 0 Å². The summed E-state index contributed by atoms with van der Waals surface area (Å²) in [6.07, 6.45) is 19.3. The maximum absolute atomic E-state index is 9.26. The van der Waals surface area contributed by atoms with Crippen molar-refractivity contribution in [1.29, 1.82) is 5.26 Å². The molecule has 0 radical (unpaired) electrons. The van der Waals surface area contributed by atoms with Crippen molar-refractivity contribution < 1.29 is 0 Å². The lowest BCUT2D eigenvalue weighted by atomic mass is 9.96. The summed E-state index contributed by atoms with van der Waals surface area (Å²) in [7, 11) is 0. The second-order valence-electron chi connectivity index (χ2n) is 8.31. The predicted molar refractivity (Wildman–Crippen MR) is 134 cm³/mol. The van der Waals surface area contributed by atoms with E-state index in [1.165, 1.54) is 32.1 Å². The number of allylic oxidation sites excluding steroid dienone is 6. The second-order valence-corrected chi connectivity index (χ2v) is 8.31. The zero-order valence-corrected chi connectivity index (χ0v) is 19.1. The van der Waals surface area contributed by atoms with Gasteiger partial charge in [0.1, 0.15) is 0 Å². The van der Waals surface area contributed by atoms with E-state index >= 15 is 0 Å². The fourth-order valence-electron chi connectivity index (χ4n) is 4.40. The molecule has 0 bridgehead atoms. The van der Waals surface area contributed by atoms with E-state index in [4.69, 9.17) is 4.99 Å². The van der Waals surface area contributed by atoms with Crippen molar-refractivity contribution in [3.8, 4) is 6.07 Å². The van der Waals surface area contributed by atoms with Crippen molar-refractivity contribution in [2.75, 3.05) is 6.67 Å². The Labute approximate surface area is 193 Å². The fourth-order valence-corrected chi connectivity index (χ4v) is 4.40. The van der Waals surface area contributed by atoms with Crippen LogP contribution in [0.3, 0.4) is 0 Å². The van der Waals surface area contributed by atoms with Gasteiger partial charge in [-0.1, -0.05) is 63.6 Å². The number of benzene rings is 1. The van der Waals surface area contributed by atoms with E-state index in [0.29, 0.717) is 18.3 Å². The van der Waals surface area contributed by atoms with Crippen LogP contribution in [-0.4, -0.2) is 23.3 Å². The first-order chi connectivity index (χ1) is 15.7. The average molecular weight is 427 g/mol. The van der Waals surface area contributed by atoms with Crippen molar-refractivity contribution in [2.24, 2.45) is 4.99 Å². The molecule has 3 rings (SSSR count). The van der Waals surface area contributed by atoms with E-state index in [0.717, 1.165) is 29.0 Å². The fraction of sp³-hybridized carbons (Fsp3) is 0.357. The molecule has 0 spiro atoms. The summed E-state index contributed by atoms with van der Waals surface area (Å²) in [6, 6.07) is 10.8. The molecule has 32 heavy (non-hydrogen) atoms. The highest BCUT2D eigenvalue weighted by atomic mass is 15.2. The van der Waals surface area contributed by atoms with Crippen LogP contribution in [0.15, 0.2) is 90.3 Å². The van der Waals surface area contributed by atoms with Gasteiger partial charge in [-0.2, -0.15) is 5.26 Å². The first kappa shape index (κ1) is 23.5. The summed E-state index contributed by atoms with van der Waals surface area (Å²) in [5, 5.41) is 12.9. The SMILES string of the molecule is C=C/C=C\C(=NCNC1CCCCC1)C1=CC(=C)N(C(CC)c2cccc(C#N)c2)C=C1. The molecule has 1 heterocycles. The highest BCUT2D eigenvalue weighted by molar-refractivity contribution is 6.10. The maximum Gasteiger partial charge on any atom is 0.0991 e. The summed E-state index contributed by atoms with van der Waals surface area (Å²) in [5.74, 6) is 0. The zero-order chi connectivity index (χ0) is 22.8. The van der Waals surface area contributed by atoms with Crippen LogP contribution < -0.4 is 5.32 Å². The topological polar surface area (TPSA) is 51.4 Å². The molecular weight excluding hydrogens is 392 g/mol. The Morgan fingerprint density at radius 1 is 1.34 bits per heavy atom. The number of nitriles is 1. The minimum absolute atomic E-state index is 0.127. The summed E-state index contributed by atoms with van der Waals surface area (Å²) < 4.78 is 0. The monoisotopic (exact) mass is 426 g/mol. The lowest BCUT2D eigenvalue weighted by Gasteiger charge is -2.33. The highest BCUT2D eigenvalue weighted by Gasteiger charge is 2.21. The van der Waals surface area contributed by atoms with E-state index in [1.54, 1.807) is 6.08 Å². The van der Waals surface area contributed by atoms with Crippen LogP contribution >= 0.6 is 0 Å². The third-order valence-electron chi connectivity index (χ3n) is 6.11. The summed E-state index contributed by atoms with van der Waals surface area (Å²) in [4.78, 5) is 7.02. The number of aliphatic imine (C=N–C) groups is 1. The Morgan fingerprint density at radius 3 is 2.84 bits per heavy atom. The van der Waals surface area contributed by atoms with Gasteiger partial charge in [0, 0.05) is 23.5 Å². The van der Waals surface area contributed by atoms with Crippen molar-refractivity contribution in [3.63, 3.8) is 0 Å². The molecule has 0 amide bonds. The molecule has 4 heteroatoms. The van der Waals surface area contributed by atoms with E-state index < -0.39 is 0 Å². The zero-order valence-electron chi connectivity index (χ0n) is 19.1. The smallest absolute Gasteiger partial charge is 0.0991 e. The van der Waals surface area contributed by atoms with Crippen molar-refractivity contribution in [1.82, 2.24) is 10.2 Å². The lowest BCUT2D eigenvalue weighted by molar-refractivity contribution is 0.344. The van der Waals surface area contributed by atoms with Gasteiger partial charge >= 0.3 is 0 Å². The predicted octanol–water partition coefficient (Wildman–Crippen LogP) is 6.34. The van der Waals surface area contributed by atoms with Crippen LogP contribution in [0.1, 0.15) is 62.6 Å². The van der Waals surface area contributed by atoms with Crippen LogP contribution in [0, 0.1) is 11.3 Å². The van der Waals surface area contributed by atoms with Gasteiger partial charge in [-0.05, 0) is 55.2 Å². The van der Waals surface area contributed by atoms with Crippen molar-refractivity contribution >= 4 is 5.71 Å². The van der Waals surface area contributed by atoms with E-state index in [1.807, 2.05) is 30.4 Å². The molecule has 1 atom stereocenters. The van der Waals surface area contributed by atoms with Crippen LogP contribution in [0.5, 0.6) is 0 Å². The Balaban J connectivity index is 1.75. The lowest BCUT2D eigenvalue weighted by Crippen LogP contribution is -2.31. The van der Waals surface area contributed by atoms with Crippen LogP contribution in [0.4, 0.5) is 0 Å². The third-order valence-corrected chi connectivity index (χ3v) is 6.11. The quantitative estimate of drug-likeness (QED) is 0.370. The van der Waals surface area contributed by atoms with Gasteiger partial charge in [0.05, 0.1) is 30.1 Å². The molecule has 1 fully saturated rings. The van der Waals surface area contributed by atoms with Crippen molar-refractivity contribution in [3.05, 3.63) is 96.4 Å². The second kappa shape index (κ2) is 12.0. The molecule has 0 saturated heterocycles. The standard InChI is InChI=1S/C28H34N4/c1-4-6-15-27(31-21-30-26-13-8-7-9-14-26)24-16-17-32(22(3)18-24)28(5-2)25-12-10-11-23(19-25)20-29/h4,6,10-12,15-19,26,28,30H,1,3,5,7-9,13-14,21H2,2H3/b15-6-,31-27?. The summed E-state index contributed by atoms with van der Waals surface area (Å²) >= 11 is 0. The molecule has 1 aliphatic carbocycles. The van der Waals surface area contributed by atoms with Gasteiger partial charge in [-0.15, -0.1) is 0 Å². The summed E-state index contributed by atoms with van der Waals surface area (Å²) in [5.41, 5.74) is 4.67. The largest absolute Gasteiger partial charge is 0.341 e. The van der Waals surface area contributed by atoms with E-state index in [-0.39, 0.29) is 6.04 Å². The molecule has 166 valence electrons. The first-order valence-electron chi connectivity index (χ1n) is 11.6. The minimum atomic E-state index is 0.127. The minimum Gasteiger partial charge on any atom is -0.341 e. The molecule has 1 saturated carbocycles. The van der Waals surface area contributed by atoms with Gasteiger partial charge in [-0.3, -0.25) is 10.3 Å². The number of hydrogen-bond donors (Lipinski definition) is 1. The molecule has 1 aromatic carbocycles. The number of hydrogen-bond acceptors (Lipinski definition) is 4. The van der Waals surface area contributed by atoms with Gasteiger partial charge in [0.25, 0.3) is 0 Å². The average Bonchev–Trinajstić information content (AvgIpc) is 2.83. The Kier molecular flexibility index (Phi) is 8.83. The molecule has 1 N–H and O–H groups in total. The van der Waals surface area contributed by atoms with Crippen LogP contribution in [-0.2, 0) is 0 Å². The molecule has 1 unspecified atom stereocenters. The molecule has 1 aliphatic heterocycles. The molecule has 4 nitrogen and oxygen atoms in total. The normalized spacial score (nSPS) is 18.5. The number of nitrogens with one attached hydrogen (secondary N) is 1. The molecule has 0 aromatic heterocycles. The Bertz CT molecular complexity index is 967. The number of rotatable bonds is 9. The Morgan fingerprint density at radius 2 is 2.16 bits per heavy atom. The van der Waals surface area contributed by atoms with Crippen molar-refractivity contribution in [2.45, 2.75) is 57.5 Å². The number of nitrogens with zero attached hydrogens (tertiary/aromatic N) is 3. The van der Waals surface area contributed by atoms with E-state index in [9.17, 15) is 5.26 Å². The van der Waals surface area contributed by atoms with Gasteiger partial charge in [0.2, 0.25) is 0 Å². The van der Waals surface area contributed by atoms with Crippen LogP contribution in [0.25, 0.3) is 0 Å². The third kappa shape index (κ3) is 6.18. The van der Waals surface area contributed by atoms with Gasteiger partial charge in [-0.25, -0.2) is 0 Å². The Hall–Kier alpha value is -3.16. The van der Waals surface area contributed by atoms with E-state index in [2.05, 4.69) is 60.8 Å². The highest BCUT2D eigenvalue weighted by Crippen LogP contribution is 2.31. The molecular formula is C28H34N4. The maximum atomic E-state index is 9.26. The van der Waals surface area contributed by atoms with Gasteiger partial charge < -0.3 is 4.90 Å². The van der Waals surface area contributed by atoms with Gasteiger partial charge in [0.15, 0.2) is 0 Å².